The fourth-order valence-corrected chi connectivity index (χ4v) is 3.03. The summed E-state index contributed by atoms with van der Waals surface area (Å²) in [5.41, 5.74) is 0.298. The first kappa shape index (κ1) is 15.7. The van der Waals surface area contributed by atoms with Crippen LogP contribution in [0.2, 0.25) is 0 Å². The maximum atomic E-state index is 12.6. The van der Waals surface area contributed by atoms with Gasteiger partial charge in [-0.25, -0.2) is 4.98 Å². The Morgan fingerprint density at radius 2 is 2.10 bits per heavy atom. The molecule has 1 aromatic rings. The molecular weight excluding hydrogens is 264 g/mol. The Labute approximate surface area is 126 Å². The topological polar surface area (TPSA) is 70.8 Å². The van der Waals surface area contributed by atoms with Crippen LogP contribution in [0.15, 0.2) is 4.79 Å². The highest BCUT2D eigenvalue weighted by atomic mass is 16.1. The second kappa shape index (κ2) is 7.38. The van der Waals surface area contributed by atoms with Gasteiger partial charge in [-0.1, -0.05) is 26.2 Å². The van der Waals surface area contributed by atoms with E-state index >= 15 is 0 Å². The van der Waals surface area contributed by atoms with E-state index in [-0.39, 0.29) is 5.56 Å². The van der Waals surface area contributed by atoms with Crippen LogP contribution in [0.4, 0.5) is 5.82 Å². The zero-order chi connectivity index (χ0) is 15.2. The van der Waals surface area contributed by atoms with Crippen LogP contribution >= 0.6 is 0 Å². The molecule has 1 saturated carbocycles. The Balaban J connectivity index is 2.28. The number of nitrogens with one attached hydrogen (secondary N) is 2. The summed E-state index contributed by atoms with van der Waals surface area (Å²) in [4.78, 5) is 17.1. The largest absolute Gasteiger partial charge is 0.369 e. The van der Waals surface area contributed by atoms with Gasteiger partial charge in [0.25, 0.3) is 5.56 Å². The van der Waals surface area contributed by atoms with Gasteiger partial charge < -0.3 is 10.7 Å². The first-order valence-corrected chi connectivity index (χ1v) is 8.03. The summed E-state index contributed by atoms with van der Waals surface area (Å²) >= 11 is 0. The molecule has 0 bridgehead atoms. The van der Waals surface area contributed by atoms with Gasteiger partial charge in [0.15, 0.2) is 0 Å². The molecule has 0 spiro atoms. The minimum Gasteiger partial charge on any atom is -0.369 e. The predicted molar refractivity (Wildman–Crippen MR) is 86.5 cm³/mol. The van der Waals surface area contributed by atoms with Crippen LogP contribution in [0.1, 0.15) is 56.8 Å². The third-order valence-electron chi connectivity index (χ3n) is 4.25. The molecule has 1 heterocycles. The van der Waals surface area contributed by atoms with Gasteiger partial charge >= 0.3 is 0 Å². The van der Waals surface area contributed by atoms with E-state index in [1.807, 2.05) is 6.92 Å². The van der Waals surface area contributed by atoms with Gasteiger partial charge in [-0.15, -0.1) is 0 Å². The van der Waals surface area contributed by atoms with Crippen molar-refractivity contribution in [2.45, 2.75) is 58.9 Å². The van der Waals surface area contributed by atoms with Crippen LogP contribution in [-0.2, 0) is 6.54 Å². The number of aryl methyl sites for hydroxylation is 1. The van der Waals surface area contributed by atoms with Gasteiger partial charge in [0.2, 0.25) is 0 Å². The third-order valence-corrected chi connectivity index (χ3v) is 4.25. The average Bonchev–Trinajstić information content (AvgIpc) is 2.50. The Hall–Kier alpha value is -1.65. The number of nitrogens with zero attached hydrogens (tertiary/aromatic N) is 2. The van der Waals surface area contributed by atoms with Crippen molar-refractivity contribution in [1.82, 2.24) is 9.55 Å². The quantitative estimate of drug-likeness (QED) is 0.791. The van der Waals surface area contributed by atoms with Crippen molar-refractivity contribution in [1.29, 1.82) is 5.41 Å². The Morgan fingerprint density at radius 3 is 2.71 bits per heavy atom. The first-order chi connectivity index (χ1) is 10.2. The maximum absolute atomic E-state index is 12.6. The van der Waals surface area contributed by atoms with E-state index < -0.39 is 0 Å². The highest BCUT2D eigenvalue weighted by Crippen LogP contribution is 2.25. The number of aromatic nitrogens is 2. The van der Waals surface area contributed by atoms with E-state index in [0.717, 1.165) is 31.5 Å². The third kappa shape index (κ3) is 3.71. The Morgan fingerprint density at radius 1 is 1.38 bits per heavy atom. The van der Waals surface area contributed by atoms with Crippen molar-refractivity contribution in [2.24, 2.45) is 5.92 Å². The van der Waals surface area contributed by atoms with Gasteiger partial charge in [0.05, 0.1) is 5.56 Å². The predicted octanol–water partition coefficient (Wildman–Crippen LogP) is 2.95. The van der Waals surface area contributed by atoms with E-state index in [1.165, 1.54) is 32.1 Å². The number of anilines is 1. The van der Waals surface area contributed by atoms with Crippen LogP contribution in [0.25, 0.3) is 0 Å². The molecule has 0 atom stereocenters. The fourth-order valence-electron chi connectivity index (χ4n) is 3.03. The van der Waals surface area contributed by atoms with E-state index in [0.29, 0.717) is 17.3 Å². The molecule has 0 aromatic carbocycles. The average molecular weight is 290 g/mol. The van der Waals surface area contributed by atoms with Gasteiger partial charge in [-0.3, -0.25) is 9.36 Å². The molecule has 1 aliphatic rings. The zero-order valence-electron chi connectivity index (χ0n) is 13.1. The van der Waals surface area contributed by atoms with Gasteiger partial charge in [0.1, 0.15) is 11.6 Å². The molecule has 1 aromatic heterocycles. The maximum Gasteiger partial charge on any atom is 0.264 e. The number of hydrogen-bond donors (Lipinski definition) is 2. The molecule has 116 valence electrons. The smallest absolute Gasteiger partial charge is 0.264 e. The summed E-state index contributed by atoms with van der Waals surface area (Å²) in [5, 5.41) is 10.7. The van der Waals surface area contributed by atoms with Crippen molar-refractivity contribution in [2.75, 3.05) is 11.9 Å². The lowest BCUT2D eigenvalue weighted by atomic mass is 9.89. The summed E-state index contributed by atoms with van der Waals surface area (Å²) < 4.78 is 1.76. The van der Waals surface area contributed by atoms with E-state index in [4.69, 9.17) is 5.41 Å². The number of rotatable bonds is 6. The van der Waals surface area contributed by atoms with Crippen LogP contribution in [-0.4, -0.2) is 22.3 Å². The molecule has 1 fully saturated rings. The molecular formula is C16H26N4O. The summed E-state index contributed by atoms with van der Waals surface area (Å²) in [5.74, 6) is 1.87. The van der Waals surface area contributed by atoms with Crippen LogP contribution in [0, 0.1) is 18.3 Å². The van der Waals surface area contributed by atoms with Gasteiger partial charge in [-0.05, 0) is 32.1 Å². The van der Waals surface area contributed by atoms with Crippen molar-refractivity contribution in [3.63, 3.8) is 0 Å². The van der Waals surface area contributed by atoms with Crippen LogP contribution < -0.4 is 10.9 Å². The molecule has 5 nitrogen and oxygen atoms in total. The van der Waals surface area contributed by atoms with E-state index in [1.54, 1.807) is 4.57 Å². The van der Waals surface area contributed by atoms with Gasteiger partial charge in [0, 0.05) is 19.3 Å². The molecule has 0 radical (unpaired) electrons. The summed E-state index contributed by atoms with van der Waals surface area (Å²) in [6.07, 6.45) is 8.32. The van der Waals surface area contributed by atoms with Crippen LogP contribution in [0.3, 0.4) is 0 Å². The Kier molecular flexibility index (Phi) is 5.53. The fraction of sp³-hybridized carbons (Fsp3) is 0.688. The summed E-state index contributed by atoms with van der Waals surface area (Å²) in [7, 11) is 0. The number of hydrogen-bond acceptors (Lipinski definition) is 4. The lowest BCUT2D eigenvalue weighted by molar-refractivity contribution is 0.312. The van der Waals surface area contributed by atoms with Crippen LogP contribution in [0.5, 0.6) is 0 Å². The highest BCUT2D eigenvalue weighted by Gasteiger charge is 2.18. The van der Waals surface area contributed by atoms with E-state index in [9.17, 15) is 4.79 Å². The molecule has 0 amide bonds. The normalized spacial score (nSPS) is 15.9. The molecule has 5 heteroatoms. The lowest BCUT2D eigenvalue weighted by Gasteiger charge is -2.23. The second-order valence-electron chi connectivity index (χ2n) is 5.91. The summed E-state index contributed by atoms with van der Waals surface area (Å²) in [6.45, 7) is 5.45. The molecule has 0 unspecified atom stereocenters. The second-order valence-corrected chi connectivity index (χ2v) is 5.91. The molecule has 0 saturated heterocycles. The molecule has 21 heavy (non-hydrogen) atoms. The standard InChI is InChI=1S/C16H26N4O/c1-3-9-18-15-14(10-17)16(21)20(12(2)19-15)11-13-7-5-4-6-8-13/h10,13,17-18H,3-9,11H2,1-2H3. The van der Waals surface area contributed by atoms with Crippen molar-refractivity contribution in [3.8, 4) is 0 Å². The van der Waals surface area contributed by atoms with Crippen molar-refractivity contribution >= 4 is 12.0 Å². The summed E-state index contributed by atoms with van der Waals surface area (Å²) in [6, 6.07) is 0. The zero-order valence-corrected chi connectivity index (χ0v) is 13.1. The minimum atomic E-state index is -0.0818. The Bertz CT molecular complexity index is 544. The van der Waals surface area contributed by atoms with Crippen molar-refractivity contribution in [3.05, 3.63) is 21.7 Å². The van der Waals surface area contributed by atoms with Crippen molar-refractivity contribution < 1.29 is 0 Å². The monoisotopic (exact) mass is 290 g/mol. The molecule has 0 aliphatic heterocycles. The lowest BCUT2D eigenvalue weighted by Crippen LogP contribution is -2.31. The molecule has 2 rings (SSSR count). The van der Waals surface area contributed by atoms with Gasteiger partial charge in [-0.2, -0.15) is 0 Å². The van der Waals surface area contributed by atoms with E-state index in [2.05, 4.69) is 17.2 Å². The minimum absolute atomic E-state index is 0.0818. The SMILES string of the molecule is CCCNc1nc(C)n(CC2CCCCC2)c(=O)c1C=N. The molecule has 1 aliphatic carbocycles. The first-order valence-electron chi connectivity index (χ1n) is 8.03. The highest BCUT2D eigenvalue weighted by molar-refractivity contribution is 5.83. The molecule has 2 N–H and O–H groups in total.